The van der Waals surface area contributed by atoms with Gasteiger partial charge in [-0.2, -0.15) is 0 Å². The van der Waals surface area contributed by atoms with Gasteiger partial charge in [0.25, 0.3) is 0 Å². The summed E-state index contributed by atoms with van der Waals surface area (Å²) in [5.41, 5.74) is 3.91. The van der Waals surface area contributed by atoms with Crippen molar-refractivity contribution in [2.45, 2.75) is 23.9 Å². The Labute approximate surface area is 146 Å². The maximum absolute atomic E-state index is 12.9. The second kappa shape index (κ2) is 4.60. The summed E-state index contributed by atoms with van der Waals surface area (Å²) in [5.74, 6) is 0.834. The average Bonchev–Trinajstić information content (AvgIpc) is 3.12. The van der Waals surface area contributed by atoms with E-state index in [0.717, 1.165) is 5.69 Å². The molecule has 4 atom stereocenters. The standard InChI is InChI=1S/C23H17NO/c25-19-13-12-18-21-16-10-4-6-14-7-5-11-17(20(14)16)22(21)23(19)24(18)15-8-2-1-3-9-15/h1-13,18,21-23H/t18-,21+,22+,23+/m1/s1. The highest BCUT2D eigenvalue weighted by molar-refractivity contribution is 6.03. The molecular weight excluding hydrogens is 306 g/mol. The van der Waals surface area contributed by atoms with Crippen molar-refractivity contribution in [1.29, 1.82) is 0 Å². The smallest absolute Gasteiger partial charge is 0.178 e. The van der Waals surface area contributed by atoms with Gasteiger partial charge in [0.1, 0.15) is 0 Å². The SMILES string of the molecule is O=C1C=C[C@@H]2[C@@H]3c4cccc5cccc(c45)[C@@H]3[C@H]1N2c1ccccc1. The Morgan fingerprint density at radius 2 is 1.48 bits per heavy atom. The maximum atomic E-state index is 12.9. The predicted octanol–water partition coefficient (Wildman–Crippen LogP) is 4.42. The van der Waals surface area contributed by atoms with E-state index in [9.17, 15) is 4.79 Å². The molecule has 0 N–H and O–H groups in total. The monoisotopic (exact) mass is 323 g/mol. The van der Waals surface area contributed by atoms with Crippen LogP contribution in [-0.4, -0.2) is 17.9 Å². The van der Waals surface area contributed by atoms with E-state index in [2.05, 4.69) is 71.6 Å². The van der Waals surface area contributed by atoms with Gasteiger partial charge >= 0.3 is 0 Å². The van der Waals surface area contributed by atoms with Crippen LogP contribution in [0.5, 0.6) is 0 Å². The Morgan fingerprint density at radius 1 is 0.760 bits per heavy atom. The third-order valence-corrected chi connectivity index (χ3v) is 6.21. The summed E-state index contributed by atoms with van der Waals surface area (Å²) in [6, 6.07) is 23.7. The van der Waals surface area contributed by atoms with E-state index in [4.69, 9.17) is 0 Å². The van der Waals surface area contributed by atoms with Crippen LogP contribution in [0, 0.1) is 0 Å². The van der Waals surface area contributed by atoms with Gasteiger partial charge in [-0.25, -0.2) is 0 Å². The summed E-state index contributed by atoms with van der Waals surface area (Å²) in [5, 5.41) is 2.68. The molecule has 1 aliphatic carbocycles. The molecule has 3 aromatic carbocycles. The fraction of sp³-hybridized carbons (Fsp3) is 0.174. The van der Waals surface area contributed by atoms with Gasteiger partial charge in [0, 0.05) is 17.5 Å². The second-order valence-electron chi connectivity index (χ2n) is 7.28. The van der Waals surface area contributed by atoms with Crippen LogP contribution < -0.4 is 4.90 Å². The third kappa shape index (κ3) is 1.57. The molecule has 0 radical (unpaired) electrons. The molecule has 0 unspecified atom stereocenters. The number of hydrogen-bond donors (Lipinski definition) is 0. The fourth-order valence-electron chi connectivity index (χ4n) is 5.39. The summed E-state index contributed by atoms with van der Waals surface area (Å²) in [7, 11) is 0. The van der Waals surface area contributed by atoms with Crippen molar-refractivity contribution in [2.24, 2.45) is 0 Å². The highest BCUT2D eigenvalue weighted by atomic mass is 16.1. The number of fused-ring (bicyclic) bond motifs is 7. The lowest BCUT2D eigenvalue weighted by Crippen LogP contribution is -2.44. The minimum Gasteiger partial charge on any atom is -0.353 e. The Kier molecular flexibility index (Phi) is 2.47. The zero-order valence-electron chi connectivity index (χ0n) is 13.7. The first kappa shape index (κ1) is 13.4. The Morgan fingerprint density at radius 3 is 2.24 bits per heavy atom. The predicted molar refractivity (Wildman–Crippen MR) is 100 cm³/mol. The summed E-state index contributed by atoms with van der Waals surface area (Å²) < 4.78 is 0. The zero-order chi connectivity index (χ0) is 16.5. The van der Waals surface area contributed by atoms with Gasteiger partial charge in [0.2, 0.25) is 0 Å². The molecule has 25 heavy (non-hydrogen) atoms. The molecule has 2 nitrogen and oxygen atoms in total. The van der Waals surface area contributed by atoms with Crippen molar-refractivity contribution < 1.29 is 4.79 Å². The van der Waals surface area contributed by atoms with E-state index in [1.54, 1.807) is 0 Å². The first-order valence-electron chi connectivity index (χ1n) is 8.91. The Balaban J connectivity index is 1.62. The lowest BCUT2D eigenvalue weighted by atomic mass is 9.85. The van der Waals surface area contributed by atoms with Crippen molar-refractivity contribution in [2.75, 3.05) is 4.90 Å². The quantitative estimate of drug-likeness (QED) is 0.661. The van der Waals surface area contributed by atoms with Gasteiger partial charge in [0.05, 0.1) is 12.1 Å². The number of rotatable bonds is 1. The van der Waals surface area contributed by atoms with Gasteiger partial charge in [-0.3, -0.25) is 4.79 Å². The number of hydrogen-bond acceptors (Lipinski definition) is 2. The lowest BCUT2D eigenvalue weighted by Gasteiger charge is -2.34. The molecule has 2 aliphatic heterocycles. The highest BCUT2D eigenvalue weighted by Gasteiger charge is 2.56. The number of benzene rings is 3. The van der Waals surface area contributed by atoms with Gasteiger partial charge < -0.3 is 4.90 Å². The molecule has 2 bridgehead atoms. The van der Waals surface area contributed by atoms with Crippen LogP contribution in [0.1, 0.15) is 23.0 Å². The minimum absolute atomic E-state index is 0.0969. The molecule has 2 heterocycles. The molecule has 3 aliphatic rings. The van der Waals surface area contributed by atoms with Crippen LogP contribution in [0.4, 0.5) is 5.69 Å². The van der Waals surface area contributed by atoms with Crippen LogP contribution in [0.3, 0.4) is 0 Å². The lowest BCUT2D eigenvalue weighted by molar-refractivity contribution is -0.116. The number of carbonyl (C=O) groups excluding carboxylic acids is 1. The Hall–Kier alpha value is -2.87. The van der Waals surface area contributed by atoms with Gasteiger partial charge in [-0.05, 0) is 40.1 Å². The normalized spacial score (nSPS) is 28.6. The molecule has 0 spiro atoms. The van der Waals surface area contributed by atoms with E-state index in [1.165, 1.54) is 21.9 Å². The van der Waals surface area contributed by atoms with Crippen LogP contribution in [0.25, 0.3) is 10.8 Å². The van der Waals surface area contributed by atoms with Crippen LogP contribution >= 0.6 is 0 Å². The summed E-state index contributed by atoms with van der Waals surface area (Å²) >= 11 is 0. The molecule has 0 amide bonds. The van der Waals surface area contributed by atoms with Crippen LogP contribution in [-0.2, 0) is 4.79 Å². The molecular formula is C23H17NO. The molecule has 0 aromatic heterocycles. The molecule has 120 valence electrons. The van der Waals surface area contributed by atoms with Gasteiger partial charge in [-0.15, -0.1) is 0 Å². The van der Waals surface area contributed by atoms with Crippen molar-refractivity contribution >= 4 is 22.2 Å². The topological polar surface area (TPSA) is 20.3 Å². The average molecular weight is 323 g/mol. The Bertz CT molecular complexity index is 1050. The van der Waals surface area contributed by atoms with E-state index in [-0.39, 0.29) is 23.8 Å². The van der Waals surface area contributed by atoms with Crippen molar-refractivity contribution in [3.05, 3.63) is 90.0 Å². The molecule has 1 saturated heterocycles. The van der Waals surface area contributed by atoms with E-state index < -0.39 is 0 Å². The molecule has 0 saturated carbocycles. The van der Waals surface area contributed by atoms with Crippen LogP contribution in [0.2, 0.25) is 0 Å². The first-order valence-corrected chi connectivity index (χ1v) is 8.91. The molecule has 1 fully saturated rings. The highest BCUT2D eigenvalue weighted by Crippen LogP contribution is 2.58. The second-order valence-corrected chi connectivity index (χ2v) is 7.28. The van der Waals surface area contributed by atoms with E-state index in [1.807, 2.05) is 12.1 Å². The molecule has 6 rings (SSSR count). The number of anilines is 1. The summed E-state index contributed by atoms with van der Waals surface area (Å²) in [6.07, 6.45) is 3.94. The summed E-state index contributed by atoms with van der Waals surface area (Å²) in [4.78, 5) is 15.3. The van der Waals surface area contributed by atoms with Gasteiger partial charge in [0.15, 0.2) is 5.78 Å². The zero-order valence-corrected chi connectivity index (χ0v) is 13.7. The number of carbonyl (C=O) groups is 1. The maximum Gasteiger partial charge on any atom is 0.178 e. The van der Waals surface area contributed by atoms with Crippen molar-refractivity contribution in [3.63, 3.8) is 0 Å². The van der Waals surface area contributed by atoms with Gasteiger partial charge in [-0.1, -0.05) is 60.7 Å². The minimum atomic E-state index is -0.0969. The van der Waals surface area contributed by atoms with E-state index in [0.29, 0.717) is 5.92 Å². The molecule has 2 heteroatoms. The number of nitrogens with zero attached hydrogens (tertiary/aromatic N) is 1. The van der Waals surface area contributed by atoms with E-state index >= 15 is 0 Å². The van der Waals surface area contributed by atoms with Crippen LogP contribution in [0.15, 0.2) is 78.9 Å². The summed E-state index contributed by atoms with van der Waals surface area (Å²) in [6.45, 7) is 0. The largest absolute Gasteiger partial charge is 0.353 e. The number of ketones is 1. The van der Waals surface area contributed by atoms with Crippen molar-refractivity contribution in [3.8, 4) is 0 Å². The fourth-order valence-corrected chi connectivity index (χ4v) is 5.39. The van der Waals surface area contributed by atoms with Crippen molar-refractivity contribution in [1.82, 2.24) is 0 Å². The first-order chi connectivity index (χ1) is 12.3. The molecule has 3 aromatic rings. The third-order valence-electron chi connectivity index (χ3n) is 6.21. The number of para-hydroxylation sites is 1.